The molecular formula is C14H17N3. The Labute approximate surface area is 101 Å². The second kappa shape index (κ2) is 4.62. The summed E-state index contributed by atoms with van der Waals surface area (Å²) in [5, 5.41) is 3.52. The molecule has 0 spiro atoms. The van der Waals surface area contributed by atoms with Gasteiger partial charge < -0.3 is 9.88 Å². The Bertz CT molecular complexity index is 472. The smallest absolute Gasteiger partial charge is 0.0991 e. The zero-order chi connectivity index (χ0) is 11.5. The molecule has 17 heavy (non-hydrogen) atoms. The topological polar surface area (TPSA) is 29.9 Å². The fourth-order valence-electron chi connectivity index (χ4n) is 2.15. The quantitative estimate of drug-likeness (QED) is 0.869. The van der Waals surface area contributed by atoms with E-state index in [9.17, 15) is 0 Å². The van der Waals surface area contributed by atoms with Gasteiger partial charge >= 0.3 is 0 Å². The average Bonchev–Trinajstić information content (AvgIpc) is 2.81. The van der Waals surface area contributed by atoms with Crippen LogP contribution in [0, 0.1) is 5.92 Å². The molecule has 88 valence electrons. The Hall–Kier alpha value is -1.77. The van der Waals surface area contributed by atoms with Crippen molar-refractivity contribution in [2.75, 3.05) is 11.9 Å². The van der Waals surface area contributed by atoms with E-state index in [0.717, 1.165) is 18.2 Å². The fourth-order valence-corrected chi connectivity index (χ4v) is 2.15. The maximum Gasteiger partial charge on any atom is 0.0991 e. The maximum absolute atomic E-state index is 4.07. The average molecular weight is 227 g/mol. The van der Waals surface area contributed by atoms with Crippen LogP contribution in [0.5, 0.6) is 0 Å². The van der Waals surface area contributed by atoms with E-state index in [2.05, 4.69) is 34.6 Å². The van der Waals surface area contributed by atoms with Gasteiger partial charge in [0.25, 0.3) is 0 Å². The monoisotopic (exact) mass is 227 g/mol. The van der Waals surface area contributed by atoms with Gasteiger partial charge in [0, 0.05) is 30.3 Å². The van der Waals surface area contributed by atoms with Crippen molar-refractivity contribution in [2.45, 2.75) is 19.3 Å². The molecule has 1 saturated carbocycles. The summed E-state index contributed by atoms with van der Waals surface area (Å²) in [6, 6.07) is 8.47. The minimum Gasteiger partial charge on any atom is -0.385 e. The lowest BCUT2D eigenvalue weighted by molar-refractivity contribution is 0.333. The molecule has 1 N–H and O–H groups in total. The Kier molecular flexibility index (Phi) is 2.82. The second-order valence-electron chi connectivity index (χ2n) is 4.70. The van der Waals surface area contributed by atoms with Crippen LogP contribution >= 0.6 is 0 Å². The van der Waals surface area contributed by atoms with Crippen molar-refractivity contribution in [2.24, 2.45) is 5.92 Å². The summed E-state index contributed by atoms with van der Waals surface area (Å²) in [6.45, 7) is 1.10. The van der Waals surface area contributed by atoms with E-state index in [4.69, 9.17) is 0 Å². The van der Waals surface area contributed by atoms with Crippen LogP contribution in [-0.4, -0.2) is 16.1 Å². The molecule has 0 unspecified atom stereocenters. The number of nitrogens with zero attached hydrogens (tertiary/aromatic N) is 2. The highest BCUT2D eigenvalue weighted by Gasteiger charge is 2.16. The standard InChI is InChI=1S/C14H17N3/c1-3-12(4-1)10-16-13-5-2-6-14(9-13)17-8-7-15-11-17/h2,5-9,11-12,16H,1,3-4,10H2. The van der Waals surface area contributed by atoms with E-state index in [1.807, 2.05) is 17.1 Å². The first-order chi connectivity index (χ1) is 8.42. The first-order valence-corrected chi connectivity index (χ1v) is 6.24. The van der Waals surface area contributed by atoms with Gasteiger partial charge in [0.05, 0.1) is 6.33 Å². The molecule has 1 aliphatic carbocycles. The van der Waals surface area contributed by atoms with E-state index in [1.54, 1.807) is 6.20 Å². The van der Waals surface area contributed by atoms with Crippen LogP contribution in [0.2, 0.25) is 0 Å². The number of nitrogens with one attached hydrogen (secondary N) is 1. The van der Waals surface area contributed by atoms with E-state index in [-0.39, 0.29) is 0 Å². The third kappa shape index (κ3) is 2.33. The molecule has 3 nitrogen and oxygen atoms in total. The predicted octanol–water partition coefficient (Wildman–Crippen LogP) is 3.08. The first-order valence-electron chi connectivity index (χ1n) is 6.24. The van der Waals surface area contributed by atoms with Crippen LogP contribution in [0.25, 0.3) is 5.69 Å². The van der Waals surface area contributed by atoms with Crippen LogP contribution in [0.1, 0.15) is 19.3 Å². The van der Waals surface area contributed by atoms with Crippen molar-refractivity contribution in [1.82, 2.24) is 9.55 Å². The molecule has 0 saturated heterocycles. The van der Waals surface area contributed by atoms with Crippen molar-refractivity contribution in [3.8, 4) is 5.69 Å². The lowest BCUT2D eigenvalue weighted by Gasteiger charge is -2.25. The highest BCUT2D eigenvalue weighted by atomic mass is 15.0. The minimum atomic E-state index is 0.881. The first kappa shape index (κ1) is 10.4. The third-order valence-electron chi connectivity index (χ3n) is 3.47. The number of benzene rings is 1. The highest BCUT2D eigenvalue weighted by molar-refractivity contribution is 5.51. The molecule has 1 fully saturated rings. The summed E-state index contributed by atoms with van der Waals surface area (Å²) in [4.78, 5) is 4.07. The van der Waals surface area contributed by atoms with Gasteiger partial charge in [-0.1, -0.05) is 12.5 Å². The molecular weight excluding hydrogens is 210 g/mol. The van der Waals surface area contributed by atoms with Crippen molar-refractivity contribution in [3.05, 3.63) is 43.0 Å². The Morgan fingerprint density at radius 2 is 2.29 bits per heavy atom. The number of hydrogen-bond acceptors (Lipinski definition) is 2. The third-order valence-corrected chi connectivity index (χ3v) is 3.47. The molecule has 0 aliphatic heterocycles. The van der Waals surface area contributed by atoms with E-state index >= 15 is 0 Å². The van der Waals surface area contributed by atoms with E-state index in [0.29, 0.717) is 0 Å². The summed E-state index contributed by atoms with van der Waals surface area (Å²) in [6.07, 6.45) is 9.76. The molecule has 0 atom stereocenters. The summed E-state index contributed by atoms with van der Waals surface area (Å²) in [5.74, 6) is 0.881. The maximum atomic E-state index is 4.07. The summed E-state index contributed by atoms with van der Waals surface area (Å²) >= 11 is 0. The zero-order valence-corrected chi connectivity index (χ0v) is 9.84. The lowest BCUT2D eigenvalue weighted by atomic mass is 9.85. The molecule has 1 aromatic carbocycles. The van der Waals surface area contributed by atoms with Gasteiger partial charge in [-0.25, -0.2) is 4.98 Å². The number of aromatic nitrogens is 2. The summed E-state index contributed by atoms with van der Waals surface area (Å²) in [7, 11) is 0. The van der Waals surface area contributed by atoms with Gasteiger partial charge in [0.1, 0.15) is 0 Å². The molecule has 0 bridgehead atoms. The van der Waals surface area contributed by atoms with Gasteiger partial charge in [-0.2, -0.15) is 0 Å². The van der Waals surface area contributed by atoms with Crippen LogP contribution in [0.4, 0.5) is 5.69 Å². The predicted molar refractivity (Wildman–Crippen MR) is 69.4 cm³/mol. The molecule has 1 heterocycles. The van der Waals surface area contributed by atoms with Crippen molar-refractivity contribution < 1.29 is 0 Å². The fraction of sp³-hybridized carbons (Fsp3) is 0.357. The van der Waals surface area contributed by atoms with Crippen molar-refractivity contribution in [3.63, 3.8) is 0 Å². The molecule has 0 radical (unpaired) electrons. The van der Waals surface area contributed by atoms with Crippen molar-refractivity contribution in [1.29, 1.82) is 0 Å². The summed E-state index contributed by atoms with van der Waals surface area (Å²) in [5.41, 5.74) is 2.35. The number of imidazole rings is 1. The van der Waals surface area contributed by atoms with Crippen LogP contribution in [-0.2, 0) is 0 Å². The van der Waals surface area contributed by atoms with E-state index < -0.39 is 0 Å². The van der Waals surface area contributed by atoms with Crippen LogP contribution in [0.3, 0.4) is 0 Å². The SMILES string of the molecule is c1cc(NCC2CCC2)cc(-n2ccnc2)c1. The van der Waals surface area contributed by atoms with Crippen LogP contribution < -0.4 is 5.32 Å². The lowest BCUT2D eigenvalue weighted by Crippen LogP contribution is -2.20. The molecule has 1 aliphatic rings. The number of rotatable bonds is 4. The molecule has 2 aromatic rings. The highest BCUT2D eigenvalue weighted by Crippen LogP contribution is 2.26. The molecule has 3 rings (SSSR count). The number of anilines is 1. The van der Waals surface area contributed by atoms with Gasteiger partial charge in [0.15, 0.2) is 0 Å². The largest absolute Gasteiger partial charge is 0.385 e. The van der Waals surface area contributed by atoms with E-state index in [1.165, 1.54) is 24.9 Å². The Morgan fingerprint density at radius 3 is 3.00 bits per heavy atom. The number of hydrogen-bond donors (Lipinski definition) is 1. The Balaban J connectivity index is 1.70. The second-order valence-corrected chi connectivity index (χ2v) is 4.70. The minimum absolute atomic E-state index is 0.881. The van der Waals surface area contributed by atoms with Gasteiger partial charge in [-0.15, -0.1) is 0 Å². The molecule has 1 aromatic heterocycles. The Morgan fingerprint density at radius 1 is 1.35 bits per heavy atom. The van der Waals surface area contributed by atoms with Gasteiger partial charge in [-0.3, -0.25) is 0 Å². The van der Waals surface area contributed by atoms with Gasteiger partial charge in [0.2, 0.25) is 0 Å². The van der Waals surface area contributed by atoms with Gasteiger partial charge in [-0.05, 0) is 37.0 Å². The summed E-state index contributed by atoms with van der Waals surface area (Å²) < 4.78 is 2.02. The molecule has 3 heteroatoms. The molecule has 0 amide bonds. The van der Waals surface area contributed by atoms with Crippen LogP contribution in [0.15, 0.2) is 43.0 Å². The van der Waals surface area contributed by atoms with Crippen molar-refractivity contribution >= 4 is 5.69 Å². The zero-order valence-electron chi connectivity index (χ0n) is 9.84. The normalized spacial score (nSPS) is 15.5.